The number of amides is 1. The van der Waals surface area contributed by atoms with Crippen LogP contribution in [0.5, 0.6) is 0 Å². The van der Waals surface area contributed by atoms with Crippen LogP contribution in [-0.4, -0.2) is 24.2 Å². The van der Waals surface area contributed by atoms with Crippen LogP contribution in [0, 0.1) is 0 Å². The number of ether oxygens (including phenoxy) is 1. The molecule has 5 nitrogen and oxygen atoms in total. The highest BCUT2D eigenvalue weighted by Gasteiger charge is 2.30. The van der Waals surface area contributed by atoms with Gasteiger partial charge in [0.15, 0.2) is 5.76 Å². The highest BCUT2D eigenvalue weighted by molar-refractivity contribution is 5.91. The largest absolute Gasteiger partial charge is 0.455 e. The molecule has 2 heterocycles. The summed E-state index contributed by atoms with van der Waals surface area (Å²) in [6.45, 7) is 5.04. The van der Waals surface area contributed by atoms with E-state index in [9.17, 15) is 4.79 Å². The third-order valence-corrected chi connectivity index (χ3v) is 3.12. The van der Waals surface area contributed by atoms with Gasteiger partial charge in [0.05, 0.1) is 12.1 Å². The van der Waals surface area contributed by atoms with Gasteiger partial charge in [0.1, 0.15) is 5.76 Å². The van der Waals surface area contributed by atoms with Gasteiger partial charge in [-0.05, 0) is 38.8 Å². The smallest absolute Gasteiger partial charge is 0.287 e. The predicted octanol–water partition coefficient (Wildman–Crippen LogP) is 1.43. The Hall–Kier alpha value is -1.33. The van der Waals surface area contributed by atoms with Crippen LogP contribution >= 0.6 is 0 Å². The van der Waals surface area contributed by atoms with Gasteiger partial charge in [-0.25, -0.2) is 0 Å². The predicted molar refractivity (Wildman–Crippen MR) is 67.1 cm³/mol. The van der Waals surface area contributed by atoms with Crippen LogP contribution in [0.15, 0.2) is 16.5 Å². The van der Waals surface area contributed by atoms with Crippen molar-refractivity contribution in [3.63, 3.8) is 0 Å². The molecule has 1 unspecified atom stereocenters. The van der Waals surface area contributed by atoms with Crippen molar-refractivity contribution in [1.82, 2.24) is 5.32 Å². The number of furan rings is 1. The third kappa shape index (κ3) is 3.11. The first-order valence-electron chi connectivity index (χ1n) is 6.24. The average molecular weight is 252 g/mol. The lowest BCUT2D eigenvalue weighted by molar-refractivity contribution is -0.0616. The molecule has 3 N–H and O–H groups in total. The Morgan fingerprint density at radius 3 is 2.94 bits per heavy atom. The molecule has 1 saturated heterocycles. The zero-order chi connectivity index (χ0) is 13.2. The number of nitrogens with two attached hydrogens (primary N) is 1. The average Bonchev–Trinajstić information content (AvgIpc) is 2.76. The van der Waals surface area contributed by atoms with E-state index in [1.807, 2.05) is 13.8 Å². The molecule has 18 heavy (non-hydrogen) atoms. The monoisotopic (exact) mass is 252 g/mol. The van der Waals surface area contributed by atoms with Crippen LogP contribution in [0.25, 0.3) is 0 Å². The summed E-state index contributed by atoms with van der Waals surface area (Å²) in [6.07, 6.45) is 1.64. The maximum Gasteiger partial charge on any atom is 0.287 e. The lowest BCUT2D eigenvalue weighted by atomic mass is 9.94. The van der Waals surface area contributed by atoms with E-state index in [1.165, 1.54) is 0 Å². The van der Waals surface area contributed by atoms with Crippen molar-refractivity contribution >= 4 is 5.91 Å². The van der Waals surface area contributed by atoms with Crippen molar-refractivity contribution < 1.29 is 13.9 Å². The molecule has 1 aromatic rings. The molecule has 0 saturated carbocycles. The number of carbonyl (C=O) groups is 1. The Morgan fingerprint density at radius 2 is 2.33 bits per heavy atom. The molecule has 5 heteroatoms. The second-order valence-electron chi connectivity index (χ2n) is 5.24. The number of hydrogen-bond acceptors (Lipinski definition) is 4. The van der Waals surface area contributed by atoms with Crippen molar-refractivity contribution in [2.45, 2.75) is 44.9 Å². The van der Waals surface area contributed by atoms with E-state index in [0.29, 0.717) is 24.7 Å². The fourth-order valence-electron chi connectivity index (χ4n) is 2.22. The minimum atomic E-state index is -0.183. The molecule has 0 aromatic carbocycles. The molecular formula is C13H20N2O3. The molecule has 2 rings (SSSR count). The molecule has 100 valence electrons. The Morgan fingerprint density at radius 1 is 1.56 bits per heavy atom. The van der Waals surface area contributed by atoms with E-state index in [2.05, 4.69) is 5.32 Å². The van der Waals surface area contributed by atoms with Crippen molar-refractivity contribution in [3.05, 3.63) is 23.7 Å². The van der Waals surface area contributed by atoms with Crippen LogP contribution in [0.4, 0.5) is 0 Å². The van der Waals surface area contributed by atoms with Gasteiger partial charge in [-0.1, -0.05) is 0 Å². The number of rotatable bonds is 3. The molecule has 0 spiro atoms. The van der Waals surface area contributed by atoms with Crippen LogP contribution in [0.1, 0.15) is 43.0 Å². The lowest BCUT2D eigenvalue weighted by Crippen LogP contribution is -2.45. The first-order chi connectivity index (χ1) is 8.50. The molecule has 1 aliphatic heterocycles. The summed E-state index contributed by atoms with van der Waals surface area (Å²) in [5, 5.41) is 2.97. The normalized spacial score (nSPS) is 22.7. The highest BCUT2D eigenvalue weighted by atomic mass is 16.5. The minimum absolute atomic E-state index is 0.132. The molecular weight excluding hydrogens is 232 g/mol. The molecule has 1 aliphatic rings. The second-order valence-corrected chi connectivity index (χ2v) is 5.24. The first kappa shape index (κ1) is 13.1. The first-order valence-corrected chi connectivity index (χ1v) is 6.24. The summed E-state index contributed by atoms with van der Waals surface area (Å²) >= 11 is 0. The summed E-state index contributed by atoms with van der Waals surface area (Å²) < 4.78 is 10.9. The molecule has 1 fully saturated rings. The number of nitrogens with one attached hydrogen (secondary N) is 1. The molecule has 1 amide bonds. The van der Waals surface area contributed by atoms with Crippen molar-refractivity contribution in [1.29, 1.82) is 0 Å². The van der Waals surface area contributed by atoms with Crippen molar-refractivity contribution in [2.75, 3.05) is 6.61 Å². The number of carbonyl (C=O) groups excluding carboxylic acids is 1. The van der Waals surface area contributed by atoms with Crippen molar-refractivity contribution in [2.24, 2.45) is 5.73 Å². The van der Waals surface area contributed by atoms with Gasteiger partial charge in [0.2, 0.25) is 0 Å². The zero-order valence-electron chi connectivity index (χ0n) is 10.9. The van der Waals surface area contributed by atoms with Gasteiger partial charge < -0.3 is 20.2 Å². The van der Waals surface area contributed by atoms with Crippen LogP contribution < -0.4 is 11.1 Å². The summed E-state index contributed by atoms with van der Waals surface area (Å²) in [7, 11) is 0. The van der Waals surface area contributed by atoms with E-state index in [-0.39, 0.29) is 17.6 Å². The summed E-state index contributed by atoms with van der Waals surface area (Å²) in [4.78, 5) is 12.0. The minimum Gasteiger partial charge on any atom is -0.455 e. The highest BCUT2D eigenvalue weighted by Crippen LogP contribution is 2.24. The van der Waals surface area contributed by atoms with E-state index in [0.717, 1.165) is 12.8 Å². The van der Waals surface area contributed by atoms with Gasteiger partial charge in [0.25, 0.3) is 5.91 Å². The topological polar surface area (TPSA) is 77.5 Å². The van der Waals surface area contributed by atoms with Gasteiger partial charge in [0, 0.05) is 12.6 Å². The fraction of sp³-hybridized carbons (Fsp3) is 0.615. The van der Waals surface area contributed by atoms with Crippen LogP contribution in [0.2, 0.25) is 0 Å². The third-order valence-electron chi connectivity index (χ3n) is 3.12. The van der Waals surface area contributed by atoms with E-state index < -0.39 is 0 Å². The Balaban J connectivity index is 1.94. The summed E-state index contributed by atoms with van der Waals surface area (Å²) in [5.41, 5.74) is 5.26. The molecule has 1 atom stereocenters. The fourth-order valence-corrected chi connectivity index (χ4v) is 2.22. The standard InChI is InChI=1S/C13H20N2O3/c1-13(2)7-9(5-6-17-13)15-12(16)11-4-3-10(8-14)18-11/h3-4,9H,5-8,14H2,1-2H3,(H,15,16). The van der Waals surface area contributed by atoms with Crippen LogP contribution in [0.3, 0.4) is 0 Å². The van der Waals surface area contributed by atoms with E-state index in [1.54, 1.807) is 12.1 Å². The van der Waals surface area contributed by atoms with Crippen LogP contribution in [-0.2, 0) is 11.3 Å². The van der Waals surface area contributed by atoms with Gasteiger partial charge >= 0.3 is 0 Å². The van der Waals surface area contributed by atoms with Gasteiger partial charge in [-0.15, -0.1) is 0 Å². The van der Waals surface area contributed by atoms with Crippen molar-refractivity contribution in [3.8, 4) is 0 Å². The summed E-state index contributed by atoms with van der Waals surface area (Å²) in [6, 6.07) is 3.51. The molecule has 0 aliphatic carbocycles. The number of hydrogen-bond donors (Lipinski definition) is 2. The maximum atomic E-state index is 12.0. The summed E-state index contributed by atoms with van der Waals surface area (Å²) in [5.74, 6) is 0.754. The van der Waals surface area contributed by atoms with Gasteiger partial charge in [-0.2, -0.15) is 0 Å². The molecule has 0 bridgehead atoms. The second kappa shape index (κ2) is 5.12. The SMILES string of the molecule is CC1(C)CC(NC(=O)c2ccc(CN)o2)CCO1. The van der Waals surface area contributed by atoms with E-state index >= 15 is 0 Å². The molecule has 1 aromatic heterocycles. The quantitative estimate of drug-likeness (QED) is 0.853. The molecule has 0 radical (unpaired) electrons. The lowest BCUT2D eigenvalue weighted by Gasteiger charge is -2.35. The van der Waals surface area contributed by atoms with Gasteiger partial charge in [-0.3, -0.25) is 4.79 Å². The Labute approximate surface area is 107 Å². The van der Waals surface area contributed by atoms with E-state index in [4.69, 9.17) is 14.9 Å². The zero-order valence-corrected chi connectivity index (χ0v) is 10.9. The Bertz CT molecular complexity index is 426. The Kier molecular flexibility index (Phi) is 3.73. The maximum absolute atomic E-state index is 12.0.